The fraction of sp³-hybridized carbons (Fsp3) is 0.200. The monoisotopic (exact) mass is 272 g/mol. The Hall–Kier alpha value is -2.56. The van der Waals surface area contributed by atoms with E-state index in [0.717, 1.165) is 17.0 Å². The van der Waals surface area contributed by atoms with E-state index >= 15 is 0 Å². The molecule has 2 aromatic rings. The second-order valence-electron chi connectivity index (χ2n) is 4.53. The molecular formula is C15H16N2O3. The standard InChI is InChI=1S/C15H16N2O3/c1-17(2)12-4-3-5-13(9-12)20-10-11-6-7-16-14(8-11)15(18)19/h3-9H,10H2,1-2H3,(H,18,19). The Balaban J connectivity index is 2.07. The van der Waals surface area contributed by atoms with E-state index in [2.05, 4.69) is 4.98 Å². The highest BCUT2D eigenvalue weighted by atomic mass is 16.5. The van der Waals surface area contributed by atoms with Crippen LogP contribution in [0.15, 0.2) is 42.6 Å². The number of pyridine rings is 1. The van der Waals surface area contributed by atoms with Gasteiger partial charge in [0.15, 0.2) is 0 Å². The predicted molar refractivity (Wildman–Crippen MR) is 76.3 cm³/mol. The van der Waals surface area contributed by atoms with Gasteiger partial charge in [0.1, 0.15) is 18.1 Å². The van der Waals surface area contributed by atoms with Gasteiger partial charge in [0.25, 0.3) is 0 Å². The molecule has 0 spiro atoms. The third-order valence-corrected chi connectivity index (χ3v) is 2.78. The topological polar surface area (TPSA) is 62.7 Å². The normalized spacial score (nSPS) is 10.1. The van der Waals surface area contributed by atoms with Crippen LogP contribution in [0.1, 0.15) is 16.1 Å². The lowest BCUT2D eigenvalue weighted by Gasteiger charge is -2.14. The maximum atomic E-state index is 10.8. The van der Waals surface area contributed by atoms with Crippen LogP contribution in [0.3, 0.4) is 0 Å². The maximum Gasteiger partial charge on any atom is 0.354 e. The second-order valence-corrected chi connectivity index (χ2v) is 4.53. The van der Waals surface area contributed by atoms with Gasteiger partial charge in [-0.1, -0.05) is 6.07 Å². The molecule has 2 rings (SSSR count). The number of aromatic carboxylic acids is 1. The Bertz CT molecular complexity index is 612. The van der Waals surface area contributed by atoms with Crippen molar-refractivity contribution in [2.45, 2.75) is 6.61 Å². The number of carboxylic acid groups (broad SMARTS) is 1. The summed E-state index contributed by atoms with van der Waals surface area (Å²) in [4.78, 5) is 16.6. The molecule has 0 aliphatic rings. The minimum atomic E-state index is -1.04. The van der Waals surface area contributed by atoms with Crippen LogP contribution in [0.5, 0.6) is 5.75 Å². The number of aromatic nitrogens is 1. The Morgan fingerprint density at radius 3 is 2.80 bits per heavy atom. The molecule has 0 bridgehead atoms. The average molecular weight is 272 g/mol. The molecule has 1 aromatic carbocycles. The van der Waals surface area contributed by atoms with Gasteiger partial charge in [-0.3, -0.25) is 0 Å². The molecule has 0 fully saturated rings. The molecular weight excluding hydrogens is 256 g/mol. The third kappa shape index (κ3) is 3.47. The summed E-state index contributed by atoms with van der Waals surface area (Å²) in [5, 5.41) is 8.88. The van der Waals surface area contributed by atoms with Gasteiger partial charge >= 0.3 is 5.97 Å². The molecule has 0 atom stereocenters. The zero-order chi connectivity index (χ0) is 14.5. The van der Waals surface area contributed by atoms with E-state index in [1.165, 1.54) is 12.3 Å². The first-order valence-corrected chi connectivity index (χ1v) is 6.14. The van der Waals surface area contributed by atoms with Crippen molar-refractivity contribution in [3.05, 3.63) is 53.9 Å². The van der Waals surface area contributed by atoms with Gasteiger partial charge in [-0.05, 0) is 29.8 Å². The highest BCUT2D eigenvalue weighted by molar-refractivity contribution is 5.85. The lowest BCUT2D eigenvalue weighted by atomic mass is 10.2. The van der Waals surface area contributed by atoms with Gasteiger partial charge in [0, 0.05) is 32.0 Å². The Morgan fingerprint density at radius 2 is 2.10 bits per heavy atom. The van der Waals surface area contributed by atoms with Crippen molar-refractivity contribution < 1.29 is 14.6 Å². The van der Waals surface area contributed by atoms with Crippen molar-refractivity contribution in [2.24, 2.45) is 0 Å². The Morgan fingerprint density at radius 1 is 1.30 bits per heavy atom. The van der Waals surface area contributed by atoms with Crippen molar-refractivity contribution in [3.8, 4) is 5.75 Å². The molecule has 0 radical (unpaired) electrons. The Labute approximate surface area is 117 Å². The molecule has 5 nitrogen and oxygen atoms in total. The van der Waals surface area contributed by atoms with Crippen molar-refractivity contribution >= 4 is 11.7 Å². The molecule has 1 aromatic heterocycles. The van der Waals surface area contributed by atoms with Gasteiger partial charge in [-0.25, -0.2) is 9.78 Å². The van der Waals surface area contributed by atoms with E-state index in [0.29, 0.717) is 6.61 Å². The van der Waals surface area contributed by atoms with Gasteiger partial charge in [0.05, 0.1) is 0 Å². The maximum absolute atomic E-state index is 10.8. The van der Waals surface area contributed by atoms with Crippen LogP contribution in [-0.4, -0.2) is 30.2 Å². The average Bonchev–Trinajstić information content (AvgIpc) is 2.45. The minimum absolute atomic E-state index is 0.0214. The van der Waals surface area contributed by atoms with E-state index in [4.69, 9.17) is 9.84 Å². The van der Waals surface area contributed by atoms with E-state index in [-0.39, 0.29) is 5.69 Å². The quantitative estimate of drug-likeness (QED) is 0.905. The number of anilines is 1. The van der Waals surface area contributed by atoms with E-state index < -0.39 is 5.97 Å². The first-order chi connectivity index (χ1) is 9.56. The molecule has 104 valence electrons. The van der Waals surface area contributed by atoms with E-state index in [1.807, 2.05) is 43.3 Å². The molecule has 0 amide bonds. The van der Waals surface area contributed by atoms with Crippen molar-refractivity contribution in [1.82, 2.24) is 4.98 Å². The molecule has 1 N–H and O–H groups in total. The molecule has 0 unspecified atom stereocenters. The second kappa shape index (κ2) is 6.06. The van der Waals surface area contributed by atoms with Crippen LogP contribution in [0.4, 0.5) is 5.69 Å². The zero-order valence-corrected chi connectivity index (χ0v) is 11.4. The van der Waals surface area contributed by atoms with Crippen LogP contribution >= 0.6 is 0 Å². The SMILES string of the molecule is CN(C)c1cccc(OCc2ccnc(C(=O)O)c2)c1. The predicted octanol–water partition coefficient (Wildman–Crippen LogP) is 2.42. The number of nitrogens with zero attached hydrogens (tertiary/aromatic N) is 2. The van der Waals surface area contributed by atoms with E-state index in [9.17, 15) is 4.79 Å². The van der Waals surface area contributed by atoms with Gasteiger partial charge < -0.3 is 14.7 Å². The number of hydrogen-bond donors (Lipinski definition) is 1. The summed E-state index contributed by atoms with van der Waals surface area (Å²) >= 11 is 0. The number of hydrogen-bond acceptors (Lipinski definition) is 4. The summed E-state index contributed by atoms with van der Waals surface area (Å²) in [5.74, 6) is -0.300. The highest BCUT2D eigenvalue weighted by Gasteiger charge is 2.05. The van der Waals surface area contributed by atoms with Crippen molar-refractivity contribution in [2.75, 3.05) is 19.0 Å². The fourth-order valence-electron chi connectivity index (χ4n) is 1.70. The molecule has 20 heavy (non-hydrogen) atoms. The van der Waals surface area contributed by atoms with Crippen LogP contribution in [0.2, 0.25) is 0 Å². The number of benzene rings is 1. The summed E-state index contributed by atoms with van der Waals surface area (Å²) in [6.45, 7) is 0.305. The van der Waals surface area contributed by atoms with Crippen molar-refractivity contribution in [1.29, 1.82) is 0 Å². The van der Waals surface area contributed by atoms with Crippen LogP contribution in [0.25, 0.3) is 0 Å². The Kier molecular flexibility index (Phi) is 4.20. The molecule has 0 saturated carbocycles. The number of rotatable bonds is 5. The molecule has 0 aliphatic carbocycles. The van der Waals surface area contributed by atoms with Crippen molar-refractivity contribution in [3.63, 3.8) is 0 Å². The van der Waals surface area contributed by atoms with Crippen LogP contribution in [-0.2, 0) is 6.61 Å². The van der Waals surface area contributed by atoms with Crippen LogP contribution in [0, 0.1) is 0 Å². The van der Waals surface area contributed by atoms with E-state index in [1.54, 1.807) is 6.07 Å². The molecule has 5 heteroatoms. The number of carboxylic acids is 1. The molecule has 0 aliphatic heterocycles. The molecule has 1 heterocycles. The smallest absolute Gasteiger partial charge is 0.354 e. The molecule has 0 saturated heterocycles. The summed E-state index contributed by atoms with van der Waals surface area (Å²) in [7, 11) is 3.92. The zero-order valence-electron chi connectivity index (χ0n) is 11.4. The summed E-state index contributed by atoms with van der Waals surface area (Å²) in [5.41, 5.74) is 1.84. The summed E-state index contributed by atoms with van der Waals surface area (Å²) < 4.78 is 5.67. The lowest BCUT2D eigenvalue weighted by Crippen LogP contribution is -2.08. The number of carbonyl (C=O) groups is 1. The van der Waals surface area contributed by atoms with Crippen LogP contribution < -0.4 is 9.64 Å². The van der Waals surface area contributed by atoms with Gasteiger partial charge in [0.2, 0.25) is 0 Å². The lowest BCUT2D eigenvalue weighted by molar-refractivity contribution is 0.0690. The number of ether oxygens (including phenoxy) is 1. The highest BCUT2D eigenvalue weighted by Crippen LogP contribution is 2.20. The first-order valence-electron chi connectivity index (χ1n) is 6.14. The summed E-state index contributed by atoms with van der Waals surface area (Å²) in [6.07, 6.45) is 1.47. The minimum Gasteiger partial charge on any atom is -0.489 e. The fourth-order valence-corrected chi connectivity index (χ4v) is 1.70. The van der Waals surface area contributed by atoms with Gasteiger partial charge in [-0.15, -0.1) is 0 Å². The first kappa shape index (κ1) is 13.9. The third-order valence-electron chi connectivity index (χ3n) is 2.78. The summed E-state index contributed by atoms with van der Waals surface area (Å²) in [6, 6.07) is 11.0. The largest absolute Gasteiger partial charge is 0.489 e. The van der Waals surface area contributed by atoms with Gasteiger partial charge in [-0.2, -0.15) is 0 Å².